The van der Waals surface area contributed by atoms with Crippen LogP contribution >= 0.6 is 11.8 Å². The lowest BCUT2D eigenvalue weighted by Gasteiger charge is -2.31. The van der Waals surface area contributed by atoms with Crippen molar-refractivity contribution in [3.05, 3.63) is 0 Å². The van der Waals surface area contributed by atoms with Crippen molar-refractivity contribution in [2.45, 2.75) is 78.1 Å². The third kappa shape index (κ3) is 6.36. The Morgan fingerprint density at radius 2 is 1.87 bits per heavy atom. The minimum Gasteiger partial charge on any atom is -0.354 e. The summed E-state index contributed by atoms with van der Waals surface area (Å²) in [5.41, 5.74) is 0. The van der Waals surface area contributed by atoms with E-state index in [1.54, 1.807) is 11.8 Å². The van der Waals surface area contributed by atoms with E-state index in [4.69, 9.17) is 0 Å². The van der Waals surface area contributed by atoms with Crippen LogP contribution < -0.4 is 5.32 Å². The SMILES string of the molecule is CCCCCCNC(=O)C1CSC(CC(C)C)N1C(=O)C(C)C. The van der Waals surface area contributed by atoms with E-state index in [0.717, 1.165) is 31.6 Å². The fourth-order valence-electron chi connectivity index (χ4n) is 2.83. The van der Waals surface area contributed by atoms with E-state index in [2.05, 4.69) is 26.1 Å². The Morgan fingerprint density at radius 3 is 2.43 bits per heavy atom. The van der Waals surface area contributed by atoms with Gasteiger partial charge in [0.2, 0.25) is 11.8 Å². The van der Waals surface area contributed by atoms with Gasteiger partial charge in [0.25, 0.3) is 0 Å². The molecular weight excluding hydrogens is 308 g/mol. The quantitative estimate of drug-likeness (QED) is 0.651. The lowest BCUT2D eigenvalue weighted by molar-refractivity contribution is -0.142. The number of unbranched alkanes of at least 4 members (excludes halogenated alkanes) is 3. The number of hydrogen-bond donors (Lipinski definition) is 1. The Balaban J connectivity index is 2.63. The van der Waals surface area contributed by atoms with E-state index in [-0.39, 0.29) is 29.1 Å². The Hall–Kier alpha value is -0.710. The van der Waals surface area contributed by atoms with Gasteiger partial charge in [0, 0.05) is 18.2 Å². The summed E-state index contributed by atoms with van der Waals surface area (Å²) < 4.78 is 0. The summed E-state index contributed by atoms with van der Waals surface area (Å²) in [6.07, 6.45) is 5.53. The van der Waals surface area contributed by atoms with Gasteiger partial charge < -0.3 is 10.2 Å². The molecule has 4 nitrogen and oxygen atoms in total. The van der Waals surface area contributed by atoms with E-state index in [1.807, 2.05) is 18.7 Å². The van der Waals surface area contributed by atoms with Gasteiger partial charge in [-0.3, -0.25) is 9.59 Å². The molecule has 0 aromatic heterocycles. The van der Waals surface area contributed by atoms with Crippen LogP contribution in [-0.4, -0.2) is 40.4 Å². The maximum Gasteiger partial charge on any atom is 0.243 e. The van der Waals surface area contributed by atoms with Crippen LogP contribution in [0.1, 0.15) is 66.7 Å². The average Bonchev–Trinajstić information content (AvgIpc) is 2.88. The van der Waals surface area contributed by atoms with Gasteiger partial charge in [-0.15, -0.1) is 11.8 Å². The van der Waals surface area contributed by atoms with Crippen molar-refractivity contribution in [1.29, 1.82) is 0 Å². The summed E-state index contributed by atoms with van der Waals surface area (Å²) in [7, 11) is 0. The third-order valence-electron chi connectivity index (χ3n) is 4.15. The van der Waals surface area contributed by atoms with Crippen molar-refractivity contribution in [3.8, 4) is 0 Å². The second-order valence-electron chi connectivity index (χ2n) is 7.19. The number of carbonyl (C=O) groups excluding carboxylic acids is 2. The minimum atomic E-state index is -0.301. The van der Waals surface area contributed by atoms with Crippen molar-refractivity contribution in [1.82, 2.24) is 10.2 Å². The normalized spacial score (nSPS) is 21.3. The summed E-state index contributed by atoms with van der Waals surface area (Å²) in [6, 6.07) is -0.301. The minimum absolute atomic E-state index is 0.0225. The Bertz CT molecular complexity index is 385. The number of thioether (sulfide) groups is 1. The van der Waals surface area contributed by atoms with Crippen LogP contribution in [0.5, 0.6) is 0 Å². The third-order valence-corrected chi connectivity index (χ3v) is 5.46. The summed E-state index contributed by atoms with van der Waals surface area (Å²) in [5.74, 6) is 1.30. The molecule has 23 heavy (non-hydrogen) atoms. The molecule has 5 heteroatoms. The first-order chi connectivity index (χ1) is 10.9. The number of nitrogens with zero attached hydrogens (tertiary/aromatic N) is 1. The fourth-order valence-corrected chi connectivity index (χ4v) is 4.47. The molecule has 2 amide bonds. The zero-order chi connectivity index (χ0) is 17.4. The average molecular weight is 343 g/mol. The van der Waals surface area contributed by atoms with Crippen LogP contribution in [0.15, 0.2) is 0 Å². The molecule has 0 spiro atoms. The largest absolute Gasteiger partial charge is 0.354 e. The summed E-state index contributed by atoms with van der Waals surface area (Å²) >= 11 is 1.75. The Kier molecular flexibility index (Phi) is 9.03. The second kappa shape index (κ2) is 10.2. The molecule has 0 radical (unpaired) electrons. The Morgan fingerprint density at radius 1 is 1.17 bits per heavy atom. The molecule has 0 bridgehead atoms. The highest BCUT2D eigenvalue weighted by molar-refractivity contribution is 8.00. The predicted octanol–water partition coefficient (Wildman–Crippen LogP) is 3.66. The number of hydrogen-bond acceptors (Lipinski definition) is 3. The van der Waals surface area contributed by atoms with E-state index in [0.29, 0.717) is 5.92 Å². The molecule has 0 aromatic carbocycles. The molecule has 0 aromatic rings. The summed E-state index contributed by atoms with van der Waals surface area (Å²) in [5, 5.41) is 3.17. The molecule has 0 aliphatic carbocycles. The zero-order valence-electron chi connectivity index (χ0n) is 15.4. The van der Waals surface area contributed by atoms with Gasteiger partial charge in [-0.05, 0) is 18.8 Å². The molecule has 2 atom stereocenters. The van der Waals surface area contributed by atoms with Crippen molar-refractivity contribution in [3.63, 3.8) is 0 Å². The number of amides is 2. The lowest BCUT2D eigenvalue weighted by atomic mass is 10.1. The van der Waals surface area contributed by atoms with Gasteiger partial charge in [-0.25, -0.2) is 0 Å². The smallest absolute Gasteiger partial charge is 0.243 e. The van der Waals surface area contributed by atoms with E-state index in [1.165, 1.54) is 12.8 Å². The van der Waals surface area contributed by atoms with Gasteiger partial charge in [0.15, 0.2) is 0 Å². The second-order valence-corrected chi connectivity index (χ2v) is 8.40. The van der Waals surface area contributed by atoms with Crippen molar-refractivity contribution in [2.24, 2.45) is 11.8 Å². The monoisotopic (exact) mass is 342 g/mol. The molecular formula is C18H34N2O2S. The van der Waals surface area contributed by atoms with Crippen molar-refractivity contribution in [2.75, 3.05) is 12.3 Å². The standard InChI is InChI=1S/C18H34N2O2S/c1-6-7-8-9-10-19-17(21)15-12-23-16(11-13(2)3)20(15)18(22)14(4)5/h13-16H,6-12H2,1-5H3,(H,19,21). The summed E-state index contributed by atoms with van der Waals surface area (Å²) in [6.45, 7) is 11.1. The Labute approximate surface area is 146 Å². The van der Waals surface area contributed by atoms with E-state index >= 15 is 0 Å². The predicted molar refractivity (Wildman–Crippen MR) is 98.3 cm³/mol. The van der Waals surface area contributed by atoms with Crippen molar-refractivity contribution >= 4 is 23.6 Å². The first-order valence-electron chi connectivity index (χ1n) is 9.09. The summed E-state index contributed by atoms with van der Waals surface area (Å²) in [4.78, 5) is 27.0. The van der Waals surface area contributed by atoms with Gasteiger partial charge in [0.05, 0.1) is 5.37 Å². The first kappa shape index (κ1) is 20.3. The van der Waals surface area contributed by atoms with E-state index < -0.39 is 0 Å². The first-order valence-corrected chi connectivity index (χ1v) is 10.1. The highest BCUT2D eigenvalue weighted by atomic mass is 32.2. The lowest BCUT2D eigenvalue weighted by Crippen LogP contribution is -2.51. The molecule has 1 heterocycles. The molecule has 2 unspecified atom stereocenters. The molecule has 1 rings (SSSR count). The number of nitrogens with one attached hydrogen (secondary N) is 1. The van der Waals surface area contributed by atoms with Gasteiger partial charge >= 0.3 is 0 Å². The van der Waals surface area contributed by atoms with Gasteiger partial charge in [-0.2, -0.15) is 0 Å². The van der Waals surface area contributed by atoms with E-state index in [9.17, 15) is 9.59 Å². The molecule has 1 saturated heterocycles. The maximum atomic E-state index is 12.6. The van der Waals surface area contributed by atoms with Crippen LogP contribution in [0, 0.1) is 11.8 Å². The maximum absolute atomic E-state index is 12.6. The van der Waals surface area contributed by atoms with Crippen molar-refractivity contribution < 1.29 is 9.59 Å². The van der Waals surface area contributed by atoms with Crippen LogP contribution in [0.4, 0.5) is 0 Å². The molecule has 1 fully saturated rings. The molecule has 1 aliphatic heterocycles. The highest BCUT2D eigenvalue weighted by Crippen LogP contribution is 2.34. The highest BCUT2D eigenvalue weighted by Gasteiger charge is 2.41. The van der Waals surface area contributed by atoms with Crippen LogP contribution in [0.3, 0.4) is 0 Å². The van der Waals surface area contributed by atoms with Crippen LogP contribution in [0.25, 0.3) is 0 Å². The molecule has 1 aliphatic rings. The van der Waals surface area contributed by atoms with Crippen LogP contribution in [-0.2, 0) is 9.59 Å². The zero-order valence-corrected chi connectivity index (χ0v) is 16.2. The van der Waals surface area contributed by atoms with Gasteiger partial charge in [0.1, 0.15) is 6.04 Å². The number of carbonyl (C=O) groups is 2. The number of rotatable bonds is 9. The van der Waals surface area contributed by atoms with Crippen LogP contribution in [0.2, 0.25) is 0 Å². The van der Waals surface area contributed by atoms with Gasteiger partial charge in [-0.1, -0.05) is 53.9 Å². The topological polar surface area (TPSA) is 49.4 Å². The fraction of sp³-hybridized carbons (Fsp3) is 0.889. The molecule has 0 saturated carbocycles. The molecule has 1 N–H and O–H groups in total. The molecule has 134 valence electrons.